The lowest BCUT2D eigenvalue weighted by Crippen LogP contribution is -2.37. The number of carbonyl (C=O) groups excluding carboxylic acids is 1. The van der Waals surface area contributed by atoms with Crippen LogP contribution in [0.4, 0.5) is 5.69 Å². The van der Waals surface area contributed by atoms with E-state index in [1.54, 1.807) is 19.1 Å². The van der Waals surface area contributed by atoms with Crippen molar-refractivity contribution >= 4 is 27.5 Å². The number of nitrogens with two attached hydrogens (primary N) is 1. The SMILES string of the molecule is CCC(CO)NC(=O)c1cc(Br)cc(N)c1C. The van der Waals surface area contributed by atoms with Gasteiger partial charge in [0.2, 0.25) is 0 Å². The van der Waals surface area contributed by atoms with Crippen LogP contribution in [0.3, 0.4) is 0 Å². The summed E-state index contributed by atoms with van der Waals surface area (Å²) in [5.74, 6) is -0.212. The molecule has 0 saturated heterocycles. The minimum absolute atomic E-state index is 0.0647. The molecule has 0 aromatic heterocycles. The van der Waals surface area contributed by atoms with Gasteiger partial charge in [-0.3, -0.25) is 4.79 Å². The highest BCUT2D eigenvalue weighted by Gasteiger charge is 2.15. The monoisotopic (exact) mass is 300 g/mol. The molecule has 0 aliphatic carbocycles. The second-order valence-electron chi connectivity index (χ2n) is 3.93. The molecule has 1 atom stereocenters. The number of nitrogen functional groups attached to an aromatic ring is 1. The Balaban J connectivity index is 2.96. The number of aliphatic hydroxyl groups is 1. The van der Waals surface area contributed by atoms with Gasteiger partial charge in [0.05, 0.1) is 12.6 Å². The van der Waals surface area contributed by atoms with Crippen molar-refractivity contribution in [1.29, 1.82) is 0 Å². The van der Waals surface area contributed by atoms with E-state index < -0.39 is 0 Å². The minimum Gasteiger partial charge on any atom is -0.398 e. The van der Waals surface area contributed by atoms with Crippen molar-refractivity contribution in [2.24, 2.45) is 0 Å². The molecule has 5 heteroatoms. The van der Waals surface area contributed by atoms with Crippen LogP contribution >= 0.6 is 15.9 Å². The second-order valence-corrected chi connectivity index (χ2v) is 4.84. The van der Waals surface area contributed by atoms with Crippen LogP contribution in [0, 0.1) is 6.92 Å². The largest absolute Gasteiger partial charge is 0.398 e. The van der Waals surface area contributed by atoms with Crippen molar-refractivity contribution in [1.82, 2.24) is 5.32 Å². The second kappa shape index (κ2) is 6.02. The van der Waals surface area contributed by atoms with Gasteiger partial charge in [-0.05, 0) is 31.0 Å². The average Bonchev–Trinajstić information content (AvgIpc) is 2.30. The number of amides is 1. The first-order chi connectivity index (χ1) is 7.99. The van der Waals surface area contributed by atoms with Crippen LogP contribution in [0.25, 0.3) is 0 Å². The number of carbonyl (C=O) groups is 1. The van der Waals surface area contributed by atoms with E-state index in [1.807, 2.05) is 6.92 Å². The molecule has 0 aliphatic rings. The fourth-order valence-electron chi connectivity index (χ4n) is 1.48. The van der Waals surface area contributed by atoms with Crippen molar-refractivity contribution < 1.29 is 9.90 Å². The molecule has 0 fully saturated rings. The van der Waals surface area contributed by atoms with Gasteiger partial charge in [-0.25, -0.2) is 0 Å². The van der Waals surface area contributed by atoms with Gasteiger partial charge in [-0.2, -0.15) is 0 Å². The van der Waals surface area contributed by atoms with E-state index >= 15 is 0 Å². The zero-order chi connectivity index (χ0) is 13.0. The van der Waals surface area contributed by atoms with Gasteiger partial charge in [0.1, 0.15) is 0 Å². The van der Waals surface area contributed by atoms with Crippen LogP contribution in [-0.4, -0.2) is 23.7 Å². The predicted molar refractivity (Wildman–Crippen MR) is 71.9 cm³/mol. The quantitative estimate of drug-likeness (QED) is 0.743. The fraction of sp³-hybridized carbons (Fsp3) is 0.417. The molecule has 4 N–H and O–H groups in total. The summed E-state index contributed by atoms with van der Waals surface area (Å²) in [5, 5.41) is 11.8. The lowest BCUT2D eigenvalue weighted by Gasteiger charge is -2.16. The Morgan fingerprint density at radius 1 is 1.59 bits per heavy atom. The third-order valence-electron chi connectivity index (χ3n) is 2.71. The standard InChI is InChI=1S/C12H17BrN2O2/c1-3-9(6-16)15-12(17)10-4-8(13)5-11(14)7(10)2/h4-5,9,16H,3,6,14H2,1-2H3,(H,15,17). The van der Waals surface area contributed by atoms with Crippen molar-refractivity contribution in [3.8, 4) is 0 Å². The first-order valence-electron chi connectivity index (χ1n) is 5.46. The van der Waals surface area contributed by atoms with Crippen LogP contribution in [-0.2, 0) is 0 Å². The van der Waals surface area contributed by atoms with E-state index in [4.69, 9.17) is 10.8 Å². The number of hydrogen-bond donors (Lipinski definition) is 3. The van der Waals surface area contributed by atoms with E-state index in [0.29, 0.717) is 17.7 Å². The maximum atomic E-state index is 12.0. The third kappa shape index (κ3) is 3.44. The summed E-state index contributed by atoms with van der Waals surface area (Å²) >= 11 is 3.31. The van der Waals surface area contributed by atoms with Crippen molar-refractivity contribution in [3.05, 3.63) is 27.7 Å². The molecule has 1 aromatic rings. The molecule has 1 unspecified atom stereocenters. The molecule has 0 aliphatic heterocycles. The zero-order valence-electron chi connectivity index (χ0n) is 9.96. The van der Waals surface area contributed by atoms with Crippen molar-refractivity contribution in [2.45, 2.75) is 26.3 Å². The van der Waals surface area contributed by atoms with Crippen molar-refractivity contribution in [2.75, 3.05) is 12.3 Å². The summed E-state index contributed by atoms with van der Waals surface area (Å²) in [5.41, 5.74) is 7.65. The van der Waals surface area contributed by atoms with Gasteiger partial charge < -0.3 is 16.2 Å². The van der Waals surface area contributed by atoms with E-state index in [9.17, 15) is 4.79 Å². The highest BCUT2D eigenvalue weighted by Crippen LogP contribution is 2.22. The predicted octanol–water partition coefficient (Wildman–Crippen LogP) is 1.84. The Bertz CT molecular complexity index is 417. The van der Waals surface area contributed by atoms with Gasteiger partial charge in [-0.15, -0.1) is 0 Å². The van der Waals surface area contributed by atoms with Crippen molar-refractivity contribution in [3.63, 3.8) is 0 Å². The Labute approximate surface area is 109 Å². The van der Waals surface area contributed by atoms with E-state index in [1.165, 1.54) is 0 Å². The molecule has 0 spiro atoms. The zero-order valence-corrected chi connectivity index (χ0v) is 11.5. The molecule has 0 heterocycles. The van der Waals surface area contributed by atoms with Gasteiger partial charge >= 0.3 is 0 Å². The molecule has 1 rings (SSSR count). The maximum Gasteiger partial charge on any atom is 0.251 e. The average molecular weight is 301 g/mol. The third-order valence-corrected chi connectivity index (χ3v) is 3.16. The molecule has 0 radical (unpaired) electrons. The molecule has 94 valence electrons. The molecular formula is C12H17BrN2O2. The summed E-state index contributed by atoms with van der Waals surface area (Å²) in [6, 6.07) is 3.27. The number of aliphatic hydroxyl groups excluding tert-OH is 1. The van der Waals surface area contributed by atoms with Gasteiger partial charge in [-0.1, -0.05) is 22.9 Å². The molecular weight excluding hydrogens is 284 g/mol. The number of halogens is 1. The smallest absolute Gasteiger partial charge is 0.251 e. The first-order valence-corrected chi connectivity index (χ1v) is 6.26. The van der Waals surface area contributed by atoms with Gasteiger partial charge in [0.15, 0.2) is 0 Å². The van der Waals surface area contributed by atoms with Gasteiger partial charge in [0.25, 0.3) is 5.91 Å². The van der Waals surface area contributed by atoms with Crippen LogP contribution in [0.5, 0.6) is 0 Å². The first kappa shape index (κ1) is 14.0. The van der Waals surface area contributed by atoms with Crippen LogP contribution < -0.4 is 11.1 Å². The molecule has 0 saturated carbocycles. The summed E-state index contributed by atoms with van der Waals surface area (Å²) < 4.78 is 0.766. The Hall–Kier alpha value is -1.07. The topological polar surface area (TPSA) is 75.3 Å². The number of anilines is 1. The normalized spacial score (nSPS) is 12.2. The number of benzene rings is 1. The van der Waals surface area contributed by atoms with Gasteiger partial charge in [0, 0.05) is 15.7 Å². The van der Waals surface area contributed by atoms with E-state index in [-0.39, 0.29) is 18.6 Å². The number of nitrogens with one attached hydrogen (secondary N) is 1. The molecule has 4 nitrogen and oxygen atoms in total. The minimum atomic E-state index is -0.220. The molecule has 17 heavy (non-hydrogen) atoms. The Morgan fingerprint density at radius 3 is 2.76 bits per heavy atom. The van der Waals surface area contributed by atoms with E-state index in [2.05, 4.69) is 21.2 Å². The van der Waals surface area contributed by atoms with Crippen LogP contribution in [0.2, 0.25) is 0 Å². The molecule has 1 aromatic carbocycles. The molecule has 0 bridgehead atoms. The summed E-state index contributed by atoms with van der Waals surface area (Å²) in [7, 11) is 0. The highest BCUT2D eigenvalue weighted by atomic mass is 79.9. The fourth-order valence-corrected chi connectivity index (χ4v) is 1.95. The summed E-state index contributed by atoms with van der Waals surface area (Å²) in [4.78, 5) is 12.0. The molecule has 1 amide bonds. The Kier molecular flexibility index (Phi) is 4.96. The summed E-state index contributed by atoms with van der Waals surface area (Å²) in [6.07, 6.45) is 0.685. The summed E-state index contributed by atoms with van der Waals surface area (Å²) in [6.45, 7) is 3.64. The van der Waals surface area contributed by atoms with E-state index in [0.717, 1.165) is 10.0 Å². The lowest BCUT2D eigenvalue weighted by atomic mass is 10.1. The highest BCUT2D eigenvalue weighted by molar-refractivity contribution is 9.10. The number of rotatable bonds is 4. The lowest BCUT2D eigenvalue weighted by molar-refractivity contribution is 0.0914. The maximum absolute atomic E-state index is 12.0. The van der Waals surface area contributed by atoms with Crippen LogP contribution in [0.1, 0.15) is 29.3 Å². The Morgan fingerprint density at radius 2 is 2.24 bits per heavy atom. The van der Waals surface area contributed by atoms with Crippen LogP contribution in [0.15, 0.2) is 16.6 Å². The number of hydrogen-bond acceptors (Lipinski definition) is 3.